The lowest BCUT2D eigenvalue weighted by molar-refractivity contribution is 0.597. The lowest BCUT2D eigenvalue weighted by Gasteiger charge is -2.09. The second-order valence-electron chi connectivity index (χ2n) is 3.59. The zero-order valence-corrected chi connectivity index (χ0v) is 12.2. The summed E-state index contributed by atoms with van der Waals surface area (Å²) in [5.41, 5.74) is 0.784. The van der Waals surface area contributed by atoms with Crippen molar-refractivity contribution in [1.29, 1.82) is 0 Å². The summed E-state index contributed by atoms with van der Waals surface area (Å²) in [5, 5.41) is 2.97. The average molecular weight is 322 g/mol. The van der Waals surface area contributed by atoms with Gasteiger partial charge < -0.3 is 5.32 Å². The molecule has 0 amide bonds. The van der Waals surface area contributed by atoms with Crippen LogP contribution in [0.2, 0.25) is 0 Å². The average Bonchev–Trinajstić information content (AvgIpc) is 2.22. The molecule has 0 spiro atoms. The van der Waals surface area contributed by atoms with Gasteiger partial charge in [-0.2, -0.15) is 0 Å². The van der Waals surface area contributed by atoms with E-state index in [-0.39, 0.29) is 5.75 Å². The van der Waals surface area contributed by atoms with Gasteiger partial charge in [-0.05, 0) is 41.0 Å². The molecule has 96 valence electrons. The maximum Gasteiger partial charge on any atom is 0.235 e. The Morgan fingerprint density at radius 1 is 1.47 bits per heavy atom. The zero-order chi connectivity index (χ0) is 12.9. The third kappa shape index (κ3) is 5.01. The Kier molecular flexibility index (Phi) is 5.35. The van der Waals surface area contributed by atoms with Gasteiger partial charge in [0.2, 0.25) is 10.0 Å². The first kappa shape index (κ1) is 14.4. The van der Waals surface area contributed by atoms with Crippen molar-refractivity contribution in [2.45, 2.75) is 13.8 Å². The Bertz CT molecular complexity index is 476. The quantitative estimate of drug-likeness (QED) is 0.779. The van der Waals surface area contributed by atoms with Gasteiger partial charge in [-0.3, -0.25) is 4.72 Å². The fourth-order valence-corrected chi connectivity index (χ4v) is 2.70. The van der Waals surface area contributed by atoms with Crippen molar-refractivity contribution in [3.05, 3.63) is 22.3 Å². The van der Waals surface area contributed by atoms with Gasteiger partial charge in [-0.25, -0.2) is 13.4 Å². The molecule has 0 saturated heterocycles. The third-order valence-electron chi connectivity index (χ3n) is 2.09. The third-order valence-corrected chi connectivity index (χ3v) is 3.77. The van der Waals surface area contributed by atoms with Gasteiger partial charge in [0.05, 0.1) is 5.75 Å². The van der Waals surface area contributed by atoms with Crippen LogP contribution < -0.4 is 10.0 Å². The SMILES string of the molecule is CCNCCS(=O)(=O)Nc1ncc(Br)cc1C. The summed E-state index contributed by atoms with van der Waals surface area (Å²) in [6.45, 7) is 4.92. The molecule has 0 saturated carbocycles. The van der Waals surface area contributed by atoms with E-state index in [1.165, 1.54) is 0 Å². The number of hydrogen-bond acceptors (Lipinski definition) is 4. The number of hydrogen-bond donors (Lipinski definition) is 2. The maximum absolute atomic E-state index is 11.7. The number of rotatable bonds is 6. The molecular weight excluding hydrogens is 306 g/mol. The topological polar surface area (TPSA) is 71.1 Å². The first-order valence-electron chi connectivity index (χ1n) is 5.28. The van der Waals surface area contributed by atoms with Crippen LogP contribution in [0.4, 0.5) is 5.82 Å². The van der Waals surface area contributed by atoms with Crippen molar-refractivity contribution in [2.24, 2.45) is 0 Å². The van der Waals surface area contributed by atoms with E-state index in [1.54, 1.807) is 13.1 Å². The van der Waals surface area contributed by atoms with Gasteiger partial charge in [-0.1, -0.05) is 6.92 Å². The molecule has 1 aromatic heterocycles. The number of sulfonamides is 1. The summed E-state index contributed by atoms with van der Waals surface area (Å²) in [4.78, 5) is 4.03. The minimum atomic E-state index is -3.33. The number of nitrogens with zero attached hydrogens (tertiary/aromatic N) is 1. The number of pyridine rings is 1. The normalized spacial score (nSPS) is 11.5. The summed E-state index contributed by atoms with van der Waals surface area (Å²) >= 11 is 3.28. The van der Waals surface area contributed by atoms with Crippen LogP contribution >= 0.6 is 15.9 Å². The van der Waals surface area contributed by atoms with Gasteiger partial charge in [0, 0.05) is 17.2 Å². The molecular formula is C10H16BrN3O2S. The van der Waals surface area contributed by atoms with Crippen LogP contribution in [0.1, 0.15) is 12.5 Å². The predicted octanol–water partition coefficient (Wildman–Crippen LogP) is 1.50. The molecule has 0 bridgehead atoms. The highest BCUT2D eigenvalue weighted by Gasteiger charge is 2.12. The molecule has 17 heavy (non-hydrogen) atoms. The van der Waals surface area contributed by atoms with Crippen LogP contribution in [0.3, 0.4) is 0 Å². The Morgan fingerprint density at radius 2 is 2.18 bits per heavy atom. The van der Waals surface area contributed by atoms with Crippen molar-refractivity contribution in [1.82, 2.24) is 10.3 Å². The van der Waals surface area contributed by atoms with Crippen LogP contribution in [0.5, 0.6) is 0 Å². The molecule has 1 aromatic rings. The molecule has 0 fully saturated rings. The van der Waals surface area contributed by atoms with Crippen LogP contribution in [0.15, 0.2) is 16.7 Å². The minimum Gasteiger partial charge on any atom is -0.316 e. The summed E-state index contributed by atoms with van der Waals surface area (Å²) in [6, 6.07) is 1.81. The van der Waals surface area contributed by atoms with Gasteiger partial charge >= 0.3 is 0 Å². The lowest BCUT2D eigenvalue weighted by atomic mass is 10.3. The molecule has 0 radical (unpaired) electrons. The second-order valence-corrected chi connectivity index (χ2v) is 6.35. The number of nitrogens with one attached hydrogen (secondary N) is 2. The Balaban J connectivity index is 2.69. The van der Waals surface area contributed by atoms with E-state index in [0.717, 1.165) is 16.6 Å². The Morgan fingerprint density at radius 3 is 2.76 bits per heavy atom. The highest BCUT2D eigenvalue weighted by molar-refractivity contribution is 9.10. The van der Waals surface area contributed by atoms with Crippen molar-refractivity contribution in [3.8, 4) is 0 Å². The fraction of sp³-hybridized carbons (Fsp3) is 0.500. The fourth-order valence-electron chi connectivity index (χ4n) is 1.23. The van der Waals surface area contributed by atoms with E-state index in [9.17, 15) is 8.42 Å². The van der Waals surface area contributed by atoms with Crippen LogP contribution in [0, 0.1) is 6.92 Å². The van der Waals surface area contributed by atoms with Crippen LogP contribution in [-0.4, -0.2) is 32.2 Å². The molecule has 5 nitrogen and oxygen atoms in total. The monoisotopic (exact) mass is 321 g/mol. The van der Waals surface area contributed by atoms with E-state index in [4.69, 9.17) is 0 Å². The van der Waals surface area contributed by atoms with E-state index >= 15 is 0 Å². The van der Waals surface area contributed by atoms with E-state index < -0.39 is 10.0 Å². The summed E-state index contributed by atoms with van der Waals surface area (Å²) in [7, 11) is -3.33. The molecule has 2 N–H and O–H groups in total. The van der Waals surface area contributed by atoms with E-state index in [2.05, 4.69) is 31.0 Å². The van der Waals surface area contributed by atoms with Gasteiger partial charge in [-0.15, -0.1) is 0 Å². The van der Waals surface area contributed by atoms with Gasteiger partial charge in [0.1, 0.15) is 5.82 Å². The molecule has 7 heteroatoms. The largest absolute Gasteiger partial charge is 0.316 e. The second kappa shape index (κ2) is 6.32. The number of aryl methyl sites for hydroxylation is 1. The maximum atomic E-state index is 11.7. The van der Waals surface area contributed by atoms with Gasteiger partial charge in [0.25, 0.3) is 0 Å². The Hall–Kier alpha value is -0.660. The predicted molar refractivity (Wildman–Crippen MR) is 72.6 cm³/mol. The van der Waals surface area contributed by atoms with Crippen LogP contribution in [0.25, 0.3) is 0 Å². The molecule has 0 aromatic carbocycles. The molecule has 0 aliphatic carbocycles. The molecule has 0 aliphatic heterocycles. The molecule has 0 aliphatic rings. The molecule has 1 heterocycles. The minimum absolute atomic E-state index is 0.0397. The molecule has 0 unspecified atom stereocenters. The highest BCUT2D eigenvalue weighted by Crippen LogP contribution is 2.17. The number of aromatic nitrogens is 1. The van der Waals surface area contributed by atoms with Crippen molar-refractivity contribution in [3.63, 3.8) is 0 Å². The summed E-state index contributed by atoms with van der Waals surface area (Å²) in [5.74, 6) is 0.419. The van der Waals surface area contributed by atoms with Crippen molar-refractivity contribution in [2.75, 3.05) is 23.6 Å². The standard InChI is InChI=1S/C10H16BrN3O2S/c1-3-12-4-5-17(15,16)14-10-8(2)6-9(11)7-13-10/h6-7,12H,3-5H2,1-2H3,(H,13,14). The molecule has 1 rings (SSSR count). The first-order valence-corrected chi connectivity index (χ1v) is 7.72. The lowest BCUT2D eigenvalue weighted by Crippen LogP contribution is -2.27. The zero-order valence-electron chi connectivity index (χ0n) is 9.83. The van der Waals surface area contributed by atoms with Gasteiger partial charge in [0.15, 0.2) is 0 Å². The summed E-state index contributed by atoms with van der Waals surface area (Å²) in [6.07, 6.45) is 1.56. The van der Waals surface area contributed by atoms with Crippen LogP contribution in [-0.2, 0) is 10.0 Å². The molecule has 0 atom stereocenters. The van der Waals surface area contributed by atoms with E-state index in [0.29, 0.717) is 12.4 Å². The van der Waals surface area contributed by atoms with Crippen molar-refractivity contribution < 1.29 is 8.42 Å². The number of anilines is 1. The smallest absolute Gasteiger partial charge is 0.235 e. The first-order chi connectivity index (χ1) is 7.94. The van der Waals surface area contributed by atoms with Crippen molar-refractivity contribution >= 4 is 31.8 Å². The van der Waals surface area contributed by atoms with E-state index in [1.807, 2.05) is 13.0 Å². The number of halogens is 1. The highest BCUT2D eigenvalue weighted by atomic mass is 79.9. The summed E-state index contributed by atoms with van der Waals surface area (Å²) < 4.78 is 26.7. The Labute approximate surface area is 110 Å².